The van der Waals surface area contributed by atoms with E-state index >= 15 is 0 Å². The lowest BCUT2D eigenvalue weighted by atomic mass is 9.53. The number of hydrogen-bond donors (Lipinski definition) is 1. The van der Waals surface area contributed by atoms with Crippen molar-refractivity contribution in [3.63, 3.8) is 0 Å². The smallest absolute Gasteiger partial charge is 0.374 e. The molecular weight excluding hydrogens is 286 g/mol. The average Bonchev–Trinajstić information content (AvgIpc) is 2.40. The zero-order valence-corrected chi connectivity index (χ0v) is 11.5. The van der Waals surface area contributed by atoms with Gasteiger partial charge in [-0.1, -0.05) is 0 Å². The Labute approximate surface area is 120 Å². The lowest BCUT2D eigenvalue weighted by Gasteiger charge is -2.57. The molecule has 7 heteroatoms. The second-order valence-electron chi connectivity index (χ2n) is 6.53. The van der Waals surface area contributed by atoms with Crippen molar-refractivity contribution in [3.8, 4) is 0 Å². The summed E-state index contributed by atoms with van der Waals surface area (Å²) in [6.45, 7) is -0.784. The standard InChI is InChI=1S/C14H18F2O5/c15-12(16)13(19)20-6-10(17)21-14-3-7-1-8(4-14)11(18)9(2-7)5-14/h7-9,11-12,18H,1-6H2. The van der Waals surface area contributed by atoms with Gasteiger partial charge in [-0.15, -0.1) is 0 Å². The number of aliphatic hydroxyl groups is 1. The van der Waals surface area contributed by atoms with Crippen LogP contribution in [0, 0.1) is 17.8 Å². The van der Waals surface area contributed by atoms with Crippen LogP contribution in [0.4, 0.5) is 8.78 Å². The number of esters is 2. The van der Waals surface area contributed by atoms with Crippen molar-refractivity contribution in [1.29, 1.82) is 0 Å². The van der Waals surface area contributed by atoms with E-state index < -0.39 is 30.6 Å². The first kappa shape index (κ1) is 14.7. The normalized spacial score (nSPS) is 40.4. The van der Waals surface area contributed by atoms with Gasteiger partial charge in [-0.3, -0.25) is 0 Å². The van der Waals surface area contributed by atoms with Gasteiger partial charge in [0, 0.05) is 0 Å². The molecule has 0 aromatic carbocycles. The van der Waals surface area contributed by atoms with Crippen LogP contribution in [0.5, 0.6) is 0 Å². The Morgan fingerprint density at radius 3 is 2.38 bits per heavy atom. The second kappa shape index (κ2) is 5.19. The Hall–Kier alpha value is -1.24. The minimum absolute atomic E-state index is 0.146. The first-order valence-electron chi connectivity index (χ1n) is 7.23. The largest absolute Gasteiger partial charge is 0.457 e. The van der Waals surface area contributed by atoms with Crippen LogP contribution >= 0.6 is 0 Å². The summed E-state index contributed by atoms with van der Waals surface area (Å²) in [6.07, 6.45) is 0.305. The summed E-state index contributed by atoms with van der Waals surface area (Å²) in [4.78, 5) is 22.4. The van der Waals surface area contributed by atoms with Crippen molar-refractivity contribution >= 4 is 11.9 Å². The molecule has 0 aromatic rings. The van der Waals surface area contributed by atoms with E-state index in [2.05, 4.69) is 4.74 Å². The number of halogens is 2. The van der Waals surface area contributed by atoms with Gasteiger partial charge < -0.3 is 14.6 Å². The topological polar surface area (TPSA) is 72.8 Å². The molecule has 4 saturated carbocycles. The van der Waals surface area contributed by atoms with Gasteiger partial charge in [0.25, 0.3) is 0 Å². The third kappa shape index (κ3) is 2.75. The second-order valence-corrected chi connectivity index (χ2v) is 6.53. The van der Waals surface area contributed by atoms with Crippen LogP contribution in [0.2, 0.25) is 0 Å². The van der Waals surface area contributed by atoms with Crippen LogP contribution in [-0.4, -0.2) is 41.8 Å². The molecule has 0 saturated heterocycles. The molecule has 21 heavy (non-hydrogen) atoms. The van der Waals surface area contributed by atoms with Crippen molar-refractivity contribution in [2.45, 2.75) is 50.2 Å². The monoisotopic (exact) mass is 304 g/mol. The molecule has 2 atom stereocenters. The fraction of sp³-hybridized carbons (Fsp3) is 0.857. The quantitative estimate of drug-likeness (QED) is 0.792. The predicted molar refractivity (Wildman–Crippen MR) is 65.3 cm³/mol. The summed E-state index contributed by atoms with van der Waals surface area (Å²) in [7, 11) is 0. The number of carbonyl (C=O) groups excluding carboxylic acids is 2. The summed E-state index contributed by atoms with van der Waals surface area (Å²) < 4.78 is 33.6. The Kier molecular flexibility index (Phi) is 3.63. The molecule has 0 heterocycles. The minimum Gasteiger partial charge on any atom is -0.457 e. The van der Waals surface area contributed by atoms with E-state index in [0.29, 0.717) is 18.8 Å². The molecule has 118 valence electrons. The van der Waals surface area contributed by atoms with E-state index in [4.69, 9.17) is 4.74 Å². The lowest BCUT2D eigenvalue weighted by molar-refractivity contribution is -0.210. The van der Waals surface area contributed by atoms with Gasteiger partial charge in [0.1, 0.15) is 5.60 Å². The molecular formula is C14H18F2O5. The van der Waals surface area contributed by atoms with Crippen molar-refractivity contribution in [1.82, 2.24) is 0 Å². The van der Waals surface area contributed by atoms with E-state index in [-0.39, 0.29) is 17.9 Å². The maximum atomic E-state index is 12.0. The summed E-state index contributed by atoms with van der Waals surface area (Å²) in [5.41, 5.74) is -0.607. The first-order valence-corrected chi connectivity index (χ1v) is 7.23. The maximum Gasteiger partial charge on any atom is 0.374 e. The molecule has 0 spiro atoms. The van der Waals surface area contributed by atoms with Gasteiger partial charge in [0.2, 0.25) is 0 Å². The van der Waals surface area contributed by atoms with E-state index in [1.165, 1.54) is 0 Å². The molecule has 4 aliphatic carbocycles. The van der Waals surface area contributed by atoms with E-state index in [1.807, 2.05) is 0 Å². The van der Waals surface area contributed by atoms with Crippen LogP contribution in [0.1, 0.15) is 32.1 Å². The Morgan fingerprint density at radius 2 is 1.81 bits per heavy atom. The maximum absolute atomic E-state index is 12.0. The SMILES string of the molecule is O=C(COC(=O)C(F)F)OC12CC3CC(C1)C(O)C(C3)C2. The molecule has 4 fully saturated rings. The van der Waals surface area contributed by atoms with Gasteiger partial charge in [-0.2, -0.15) is 8.78 Å². The van der Waals surface area contributed by atoms with Crippen molar-refractivity contribution in [2.75, 3.05) is 6.61 Å². The number of hydrogen-bond acceptors (Lipinski definition) is 5. The van der Waals surface area contributed by atoms with Crippen LogP contribution in [0.15, 0.2) is 0 Å². The average molecular weight is 304 g/mol. The lowest BCUT2D eigenvalue weighted by Crippen LogP contribution is -2.58. The van der Waals surface area contributed by atoms with Crippen molar-refractivity contribution in [2.24, 2.45) is 17.8 Å². The van der Waals surface area contributed by atoms with Crippen LogP contribution < -0.4 is 0 Å². The Morgan fingerprint density at radius 1 is 1.19 bits per heavy atom. The number of rotatable bonds is 4. The summed E-state index contributed by atoms with van der Waals surface area (Å²) in [5.74, 6) is -1.77. The zero-order chi connectivity index (χ0) is 15.2. The molecule has 4 rings (SSSR count). The fourth-order valence-corrected chi connectivity index (χ4v) is 4.51. The first-order chi connectivity index (χ1) is 9.88. The van der Waals surface area contributed by atoms with Crippen molar-refractivity contribution in [3.05, 3.63) is 0 Å². The molecule has 0 amide bonds. The van der Waals surface area contributed by atoms with Gasteiger partial charge in [0.05, 0.1) is 6.10 Å². The van der Waals surface area contributed by atoms with Gasteiger partial charge in [0.15, 0.2) is 6.61 Å². The zero-order valence-electron chi connectivity index (χ0n) is 11.5. The number of ether oxygens (including phenoxy) is 2. The molecule has 2 unspecified atom stereocenters. The van der Waals surface area contributed by atoms with E-state index in [9.17, 15) is 23.5 Å². The molecule has 0 radical (unpaired) electrons. The van der Waals surface area contributed by atoms with E-state index in [1.54, 1.807) is 0 Å². The molecule has 4 bridgehead atoms. The highest BCUT2D eigenvalue weighted by molar-refractivity contribution is 5.78. The highest BCUT2D eigenvalue weighted by atomic mass is 19.3. The fourth-order valence-electron chi connectivity index (χ4n) is 4.51. The summed E-state index contributed by atoms with van der Waals surface area (Å²) in [5, 5.41) is 10.1. The molecule has 4 aliphatic rings. The van der Waals surface area contributed by atoms with Gasteiger partial charge in [-0.05, 0) is 49.9 Å². The van der Waals surface area contributed by atoms with Crippen LogP contribution in [0.25, 0.3) is 0 Å². The van der Waals surface area contributed by atoms with Crippen molar-refractivity contribution < 1.29 is 33.0 Å². The molecule has 5 nitrogen and oxygen atoms in total. The Balaban J connectivity index is 1.58. The van der Waals surface area contributed by atoms with Crippen LogP contribution in [0.3, 0.4) is 0 Å². The summed E-state index contributed by atoms with van der Waals surface area (Å²) >= 11 is 0. The van der Waals surface area contributed by atoms with Gasteiger partial charge >= 0.3 is 18.4 Å². The summed E-state index contributed by atoms with van der Waals surface area (Å²) in [6, 6.07) is 0. The number of alkyl halides is 2. The highest BCUT2D eigenvalue weighted by Gasteiger charge is 2.57. The predicted octanol–water partition coefficient (Wildman–Crippen LogP) is 1.28. The minimum atomic E-state index is -3.24. The number of carbonyl (C=O) groups is 2. The molecule has 0 aliphatic heterocycles. The van der Waals surface area contributed by atoms with Gasteiger partial charge in [-0.25, -0.2) is 9.59 Å². The van der Waals surface area contributed by atoms with Crippen LogP contribution in [-0.2, 0) is 19.1 Å². The molecule has 1 N–H and O–H groups in total. The highest BCUT2D eigenvalue weighted by Crippen LogP contribution is 2.57. The third-order valence-corrected chi connectivity index (χ3v) is 5.01. The number of aliphatic hydroxyl groups excluding tert-OH is 1. The van der Waals surface area contributed by atoms with E-state index in [0.717, 1.165) is 19.3 Å². The molecule has 0 aromatic heterocycles. The Bertz CT molecular complexity index is 437. The third-order valence-electron chi connectivity index (χ3n) is 5.01.